The summed E-state index contributed by atoms with van der Waals surface area (Å²) in [6, 6.07) is 3.68. The molecule has 0 radical (unpaired) electrons. The Morgan fingerprint density at radius 1 is 1.12 bits per heavy atom. The van der Waals surface area contributed by atoms with E-state index in [4.69, 9.17) is 27.4 Å². The zero-order valence-corrected chi connectivity index (χ0v) is 19.6. The largest absolute Gasteiger partial charge is 0.480 e. The van der Waals surface area contributed by atoms with Gasteiger partial charge in [-0.3, -0.25) is 0 Å². The molecule has 3 rings (SSSR count). The molecule has 1 aliphatic heterocycles. The van der Waals surface area contributed by atoms with Crippen molar-refractivity contribution in [2.24, 2.45) is 5.92 Å². The molecule has 0 amide bonds. The van der Waals surface area contributed by atoms with Crippen molar-refractivity contribution >= 4 is 47.3 Å². The van der Waals surface area contributed by atoms with Crippen LogP contribution in [0.15, 0.2) is 12.1 Å². The molecule has 26 heavy (non-hydrogen) atoms. The summed E-state index contributed by atoms with van der Waals surface area (Å²) in [7, 11) is 11.2. The van der Waals surface area contributed by atoms with Crippen LogP contribution in [0.4, 0.5) is 0 Å². The van der Waals surface area contributed by atoms with Gasteiger partial charge in [0.1, 0.15) is 29.3 Å². The minimum atomic E-state index is -0.926. The summed E-state index contributed by atoms with van der Waals surface area (Å²) in [5.74, 6) is 1.12. The second-order valence-corrected chi connectivity index (χ2v) is 7.66. The maximum absolute atomic E-state index is 10.9. The molecule has 1 saturated carbocycles. The van der Waals surface area contributed by atoms with Crippen molar-refractivity contribution in [1.82, 2.24) is 0 Å². The number of benzene rings is 1. The van der Waals surface area contributed by atoms with Crippen LogP contribution in [-0.4, -0.2) is 30.0 Å². The molecule has 1 aliphatic carbocycles. The van der Waals surface area contributed by atoms with Crippen LogP contribution in [0.25, 0.3) is 0 Å². The molecule has 1 spiro atoms. The Kier molecular flexibility index (Phi) is 7.49. The fourth-order valence-corrected chi connectivity index (χ4v) is 5.41. The van der Waals surface area contributed by atoms with Crippen molar-refractivity contribution in [3.63, 3.8) is 0 Å². The van der Waals surface area contributed by atoms with Gasteiger partial charge in [0.25, 0.3) is 0 Å². The molecule has 1 aromatic rings. The van der Waals surface area contributed by atoms with Crippen LogP contribution < -0.4 is 9.05 Å². The Bertz CT molecular complexity index is 648. The van der Waals surface area contributed by atoms with Crippen LogP contribution in [0.1, 0.15) is 17.5 Å². The van der Waals surface area contributed by atoms with Gasteiger partial charge in [-0.15, -0.1) is 0 Å². The van der Waals surface area contributed by atoms with Gasteiger partial charge in [0, 0.05) is 45.9 Å². The molecular formula is C14H23O7P5. The molecule has 1 N–H and O–H groups in total. The van der Waals surface area contributed by atoms with Crippen molar-refractivity contribution in [2.75, 3.05) is 6.61 Å². The van der Waals surface area contributed by atoms with E-state index in [1.54, 1.807) is 6.07 Å². The fourth-order valence-electron chi connectivity index (χ4n) is 4.07. The molecule has 10 atom stereocenters. The molecule has 9 unspecified atom stereocenters. The second-order valence-electron chi connectivity index (χ2n) is 6.31. The molecule has 1 fully saturated rings. The van der Waals surface area contributed by atoms with Crippen LogP contribution in [0.3, 0.4) is 0 Å². The van der Waals surface area contributed by atoms with E-state index in [0.29, 0.717) is 31.1 Å². The smallest absolute Gasteiger partial charge is 0.132 e. The predicted molar refractivity (Wildman–Crippen MR) is 113 cm³/mol. The molecule has 0 saturated heterocycles. The third-order valence-corrected chi connectivity index (χ3v) is 6.41. The van der Waals surface area contributed by atoms with Gasteiger partial charge in [-0.2, -0.15) is 0 Å². The highest BCUT2D eigenvalue weighted by Gasteiger charge is 2.59. The lowest BCUT2D eigenvalue weighted by atomic mass is 9.69. The van der Waals surface area contributed by atoms with Gasteiger partial charge in [0.2, 0.25) is 0 Å². The third kappa shape index (κ3) is 3.55. The van der Waals surface area contributed by atoms with Crippen molar-refractivity contribution in [1.29, 1.82) is 0 Å². The maximum atomic E-state index is 10.9. The fraction of sp³-hybridized carbons (Fsp3) is 0.571. The first-order valence-corrected chi connectivity index (χ1v) is 10.2. The number of fused-ring (bicyclic) bond motifs is 2. The molecule has 1 aromatic carbocycles. The van der Waals surface area contributed by atoms with Crippen LogP contribution in [-0.2, 0) is 30.5 Å². The summed E-state index contributed by atoms with van der Waals surface area (Å²) in [6.07, 6.45) is -1.53. The van der Waals surface area contributed by atoms with Gasteiger partial charge >= 0.3 is 0 Å². The normalized spacial score (nSPS) is 33.3. The molecule has 0 bridgehead atoms. The SMILES string of the molecule is OC1C(OP)[C@@H](COP)CC2(OCc3cc(OP)cc(OP)c32)C1OP. The van der Waals surface area contributed by atoms with Crippen molar-refractivity contribution in [2.45, 2.75) is 36.9 Å². The highest BCUT2D eigenvalue weighted by Crippen LogP contribution is 2.55. The highest BCUT2D eigenvalue weighted by atomic mass is 31.0. The number of rotatable bonds is 6. The first-order valence-electron chi connectivity index (χ1n) is 7.81. The lowest BCUT2D eigenvalue weighted by Crippen LogP contribution is -2.60. The number of hydrogen-bond donors (Lipinski definition) is 1. The van der Waals surface area contributed by atoms with Crippen molar-refractivity contribution in [3.8, 4) is 11.5 Å². The first-order chi connectivity index (χ1) is 12.6. The summed E-state index contributed by atoms with van der Waals surface area (Å²) in [5, 5.41) is 10.9. The number of aliphatic hydroxyl groups excluding tert-OH is 1. The lowest BCUT2D eigenvalue weighted by molar-refractivity contribution is -0.209. The minimum Gasteiger partial charge on any atom is -0.480 e. The average Bonchev–Trinajstić information content (AvgIpc) is 3.00. The third-order valence-electron chi connectivity index (χ3n) is 5.08. The Labute approximate surface area is 164 Å². The van der Waals surface area contributed by atoms with E-state index >= 15 is 0 Å². The van der Waals surface area contributed by atoms with E-state index in [2.05, 4.69) is 47.3 Å². The molecule has 2 aliphatic rings. The van der Waals surface area contributed by atoms with Gasteiger partial charge in [0.05, 0.1) is 38.3 Å². The van der Waals surface area contributed by atoms with Crippen molar-refractivity contribution < 1.29 is 32.5 Å². The van der Waals surface area contributed by atoms with E-state index < -0.39 is 23.9 Å². The number of ether oxygens (including phenoxy) is 1. The van der Waals surface area contributed by atoms with Crippen LogP contribution >= 0.6 is 47.3 Å². The highest BCUT2D eigenvalue weighted by molar-refractivity contribution is 7.10. The van der Waals surface area contributed by atoms with Gasteiger partial charge in [0.15, 0.2) is 0 Å². The Morgan fingerprint density at radius 2 is 1.88 bits per heavy atom. The number of hydrogen-bond acceptors (Lipinski definition) is 7. The van der Waals surface area contributed by atoms with E-state index in [-0.39, 0.29) is 5.92 Å². The first kappa shape index (κ1) is 21.5. The second kappa shape index (κ2) is 9.06. The summed E-state index contributed by atoms with van der Waals surface area (Å²) in [6.45, 7) is 0.741. The summed E-state index contributed by atoms with van der Waals surface area (Å²) in [4.78, 5) is 0. The minimum absolute atomic E-state index is 0.114. The van der Waals surface area contributed by atoms with Gasteiger partial charge in [-0.05, 0) is 18.1 Å². The van der Waals surface area contributed by atoms with Gasteiger partial charge in [-0.25, -0.2) is 0 Å². The topological polar surface area (TPSA) is 75.6 Å². The van der Waals surface area contributed by atoms with E-state index in [0.717, 1.165) is 11.1 Å². The van der Waals surface area contributed by atoms with Gasteiger partial charge < -0.3 is 32.5 Å². The molecule has 0 aromatic heterocycles. The van der Waals surface area contributed by atoms with E-state index in [1.807, 2.05) is 6.07 Å². The Hall–Kier alpha value is 0.770. The zero-order chi connectivity index (χ0) is 18.9. The molecular weight excluding hydrogens is 435 g/mol. The summed E-state index contributed by atoms with van der Waals surface area (Å²) < 4.78 is 33.4. The van der Waals surface area contributed by atoms with Gasteiger partial charge in [-0.1, -0.05) is 0 Å². The van der Waals surface area contributed by atoms with Crippen molar-refractivity contribution in [3.05, 3.63) is 23.3 Å². The summed E-state index contributed by atoms with van der Waals surface area (Å²) in [5.41, 5.74) is 0.883. The summed E-state index contributed by atoms with van der Waals surface area (Å²) >= 11 is 0. The maximum Gasteiger partial charge on any atom is 0.132 e. The molecule has 12 heteroatoms. The molecule has 1 heterocycles. The van der Waals surface area contributed by atoms with Crippen LogP contribution in [0, 0.1) is 5.92 Å². The van der Waals surface area contributed by atoms with Crippen LogP contribution in [0.5, 0.6) is 11.5 Å². The Balaban J connectivity index is 2.12. The molecule has 146 valence electrons. The predicted octanol–water partition coefficient (Wildman–Crippen LogP) is 2.29. The monoisotopic (exact) mass is 458 g/mol. The average molecular weight is 458 g/mol. The lowest BCUT2D eigenvalue weighted by Gasteiger charge is -2.49. The van der Waals surface area contributed by atoms with E-state index in [1.165, 1.54) is 0 Å². The van der Waals surface area contributed by atoms with Crippen LogP contribution in [0.2, 0.25) is 0 Å². The molecule has 7 nitrogen and oxygen atoms in total. The number of aliphatic hydroxyl groups is 1. The van der Waals surface area contributed by atoms with E-state index in [9.17, 15) is 5.11 Å². The quantitative estimate of drug-likeness (QED) is 0.656. The standard InChI is InChI=1S/C14H23O7P5/c15-11-12(20-25)7(5-17-22)3-14(13(11)21-26)10-6(4-16-14)1-8(18-23)2-9(10)19-24/h1-2,7,11-13,15H,3-5,22-26H2/t7-,11?,12?,13?,14?/m1/s1. The zero-order valence-electron chi connectivity index (χ0n) is 13.9. The Morgan fingerprint density at radius 3 is 2.46 bits per heavy atom.